The molecule has 1 aromatic carbocycles. The molecule has 6 heteroatoms. The Morgan fingerprint density at radius 3 is 2.82 bits per heavy atom. The quantitative estimate of drug-likeness (QED) is 0.707. The van der Waals surface area contributed by atoms with Crippen LogP contribution >= 0.6 is 0 Å². The van der Waals surface area contributed by atoms with Crippen molar-refractivity contribution in [1.29, 1.82) is 0 Å². The van der Waals surface area contributed by atoms with E-state index in [1.54, 1.807) is 0 Å². The third kappa shape index (κ3) is 1.69. The van der Waals surface area contributed by atoms with Gasteiger partial charge in [0.2, 0.25) is 5.52 Å². The normalized spacial score (nSPS) is 16.6. The molecule has 0 aliphatic carbocycles. The predicted molar refractivity (Wildman–Crippen MR) is 59.0 cm³/mol. The third-order valence-electron chi connectivity index (χ3n) is 3.15. The molecule has 1 aromatic heterocycles. The van der Waals surface area contributed by atoms with Gasteiger partial charge in [0.05, 0.1) is 5.69 Å². The van der Waals surface area contributed by atoms with Crippen molar-refractivity contribution >= 4 is 16.7 Å². The van der Waals surface area contributed by atoms with Crippen LogP contribution in [-0.4, -0.2) is 18.2 Å². The van der Waals surface area contributed by atoms with Crippen molar-refractivity contribution in [3.05, 3.63) is 23.2 Å². The number of hydrogen-bond donors (Lipinski definition) is 0. The van der Waals surface area contributed by atoms with Crippen molar-refractivity contribution in [3.8, 4) is 0 Å². The van der Waals surface area contributed by atoms with Gasteiger partial charge in [-0.05, 0) is 24.2 Å². The number of rotatable bonds is 1. The minimum absolute atomic E-state index is 0.248. The Hall–Kier alpha value is -1.85. The van der Waals surface area contributed by atoms with E-state index >= 15 is 0 Å². The second-order valence-electron chi connectivity index (χ2n) is 4.27. The first-order valence-electron chi connectivity index (χ1n) is 5.69. The van der Waals surface area contributed by atoms with Gasteiger partial charge >= 0.3 is 0 Å². The number of aromatic nitrogens is 2. The fourth-order valence-electron chi connectivity index (χ4n) is 2.26. The van der Waals surface area contributed by atoms with Crippen LogP contribution < -0.4 is 9.80 Å². The van der Waals surface area contributed by atoms with Crippen LogP contribution in [0.1, 0.15) is 19.3 Å². The Labute approximate surface area is 97.0 Å². The lowest BCUT2D eigenvalue weighted by Crippen LogP contribution is -2.30. The van der Waals surface area contributed by atoms with E-state index in [1.165, 1.54) is 18.6 Å². The van der Waals surface area contributed by atoms with Crippen molar-refractivity contribution in [2.75, 3.05) is 18.0 Å². The lowest BCUT2D eigenvalue weighted by Gasteiger charge is -2.28. The molecule has 17 heavy (non-hydrogen) atoms. The van der Waals surface area contributed by atoms with Crippen molar-refractivity contribution in [1.82, 2.24) is 5.16 Å². The van der Waals surface area contributed by atoms with Gasteiger partial charge in [-0.2, -0.15) is 0 Å². The van der Waals surface area contributed by atoms with E-state index in [0.29, 0.717) is 10.6 Å². The maximum absolute atomic E-state index is 13.9. The highest BCUT2D eigenvalue weighted by atomic mass is 19.1. The number of hydrogen-bond acceptors (Lipinski definition) is 4. The summed E-state index contributed by atoms with van der Waals surface area (Å²) in [7, 11) is 0. The van der Waals surface area contributed by atoms with Crippen LogP contribution in [0.25, 0.3) is 11.0 Å². The van der Waals surface area contributed by atoms with Crippen molar-refractivity contribution < 1.29 is 13.9 Å². The number of fused-ring (bicyclic) bond motifs is 1. The molecule has 0 spiro atoms. The first-order valence-corrected chi connectivity index (χ1v) is 5.69. The molecule has 2 heterocycles. The molecule has 0 saturated carbocycles. The minimum Gasteiger partial charge on any atom is -0.369 e. The summed E-state index contributed by atoms with van der Waals surface area (Å²) in [6.07, 6.45) is 3.28. The molecule has 0 atom stereocenters. The summed E-state index contributed by atoms with van der Waals surface area (Å²) in [5, 5.41) is 14.8. The summed E-state index contributed by atoms with van der Waals surface area (Å²) in [5.41, 5.74) is 0.982. The van der Waals surface area contributed by atoms with Crippen LogP contribution in [0.3, 0.4) is 0 Å². The molecule has 1 aliphatic heterocycles. The van der Waals surface area contributed by atoms with Crippen molar-refractivity contribution in [2.45, 2.75) is 19.3 Å². The van der Waals surface area contributed by atoms with Gasteiger partial charge in [-0.15, -0.1) is 0 Å². The topological polar surface area (TPSA) is 56.2 Å². The lowest BCUT2D eigenvalue weighted by atomic mass is 10.1. The summed E-state index contributed by atoms with van der Waals surface area (Å²) in [4.78, 5) is 2.27. The summed E-state index contributed by atoms with van der Waals surface area (Å²) >= 11 is 0. The van der Waals surface area contributed by atoms with Crippen LogP contribution in [0.4, 0.5) is 10.1 Å². The number of benzene rings is 1. The SMILES string of the molecule is [O-][n+]1onc2cc(F)c(N3CCCCC3)cc21. The fraction of sp³-hybridized carbons (Fsp3) is 0.455. The van der Waals surface area contributed by atoms with Gasteiger partial charge in [0.25, 0.3) is 5.52 Å². The summed E-state index contributed by atoms with van der Waals surface area (Å²) in [5.74, 6) is -0.353. The van der Waals surface area contributed by atoms with E-state index in [9.17, 15) is 9.60 Å². The molecule has 0 unspecified atom stereocenters. The zero-order valence-corrected chi connectivity index (χ0v) is 9.23. The van der Waals surface area contributed by atoms with Crippen LogP contribution in [0.5, 0.6) is 0 Å². The van der Waals surface area contributed by atoms with Crippen LogP contribution in [0.15, 0.2) is 16.8 Å². The molecule has 1 saturated heterocycles. The molecule has 1 fully saturated rings. The van der Waals surface area contributed by atoms with Gasteiger partial charge in [0.1, 0.15) is 0 Å². The average Bonchev–Trinajstić information content (AvgIpc) is 2.70. The standard InChI is InChI=1S/C11H12FN3O2/c12-8-6-9-11(15(16)17-13-9)7-10(8)14-4-2-1-3-5-14/h6-7H,1-5H2. The molecule has 0 N–H and O–H groups in total. The highest BCUT2D eigenvalue weighted by Gasteiger charge is 2.20. The van der Waals surface area contributed by atoms with Crippen molar-refractivity contribution in [3.63, 3.8) is 0 Å². The van der Waals surface area contributed by atoms with Crippen molar-refractivity contribution in [2.24, 2.45) is 0 Å². The molecule has 0 amide bonds. The van der Waals surface area contributed by atoms with E-state index in [0.717, 1.165) is 25.9 Å². The fourth-order valence-corrected chi connectivity index (χ4v) is 2.26. The number of halogens is 1. The Bertz CT molecular complexity index is 549. The Morgan fingerprint density at radius 2 is 2.06 bits per heavy atom. The third-order valence-corrected chi connectivity index (χ3v) is 3.15. The van der Waals surface area contributed by atoms with Crippen LogP contribution in [0, 0.1) is 11.0 Å². The summed E-state index contributed by atoms with van der Waals surface area (Å²) in [6, 6.07) is 2.76. The zero-order chi connectivity index (χ0) is 11.8. The van der Waals surface area contributed by atoms with E-state index in [1.807, 2.05) is 4.90 Å². The summed E-state index contributed by atoms with van der Waals surface area (Å²) < 4.78 is 18.3. The molecule has 5 nitrogen and oxygen atoms in total. The second kappa shape index (κ2) is 3.87. The lowest BCUT2D eigenvalue weighted by molar-refractivity contribution is -0.782. The Balaban J connectivity index is 2.07. The molecule has 0 radical (unpaired) electrons. The van der Waals surface area contributed by atoms with E-state index in [2.05, 4.69) is 9.79 Å². The Kier molecular flexibility index (Phi) is 2.35. The number of nitrogens with zero attached hydrogens (tertiary/aromatic N) is 3. The molecule has 90 valence electrons. The summed E-state index contributed by atoms with van der Waals surface area (Å²) in [6.45, 7) is 1.65. The molecular weight excluding hydrogens is 225 g/mol. The van der Waals surface area contributed by atoms with Crippen LogP contribution in [-0.2, 0) is 0 Å². The Morgan fingerprint density at radius 1 is 1.29 bits per heavy atom. The van der Waals surface area contributed by atoms with E-state index in [4.69, 9.17) is 0 Å². The first kappa shape index (κ1) is 10.3. The molecule has 1 aliphatic rings. The van der Waals surface area contributed by atoms with Crippen LogP contribution in [0.2, 0.25) is 0 Å². The maximum atomic E-state index is 13.9. The smallest absolute Gasteiger partial charge is 0.251 e. The molecule has 3 rings (SSSR count). The number of anilines is 1. The average molecular weight is 237 g/mol. The van der Waals surface area contributed by atoms with Gasteiger partial charge in [0.15, 0.2) is 5.82 Å². The number of piperidine rings is 1. The zero-order valence-electron chi connectivity index (χ0n) is 9.23. The van der Waals surface area contributed by atoms with Gasteiger partial charge in [-0.1, -0.05) is 0 Å². The highest BCUT2D eigenvalue weighted by molar-refractivity contribution is 5.76. The van der Waals surface area contributed by atoms with E-state index < -0.39 is 0 Å². The highest BCUT2D eigenvalue weighted by Crippen LogP contribution is 2.26. The predicted octanol–water partition coefficient (Wildman–Crippen LogP) is 1.59. The molecular formula is C11H12FN3O2. The van der Waals surface area contributed by atoms with Gasteiger partial charge < -0.3 is 10.1 Å². The van der Waals surface area contributed by atoms with E-state index in [-0.39, 0.29) is 16.9 Å². The van der Waals surface area contributed by atoms with Gasteiger partial charge in [-0.3, -0.25) is 4.63 Å². The maximum Gasteiger partial charge on any atom is 0.251 e. The van der Waals surface area contributed by atoms with Gasteiger partial charge in [0, 0.05) is 30.4 Å². The minimum atomic E-state index is -0.353. The first-order chi connectivity index (χ1) is 8.25. The molecule has 0 bridgehead atoms. The largest absolute Gasteiger partial charge is 0.369 e. The second-order valence-corrected chi connectivity index (χ2v) is 4.27. The molecule has 2 aromatic rings. The monoisotopic (exact) mass is 237 g/mol. The van der Waals surface area contributed by atoms with Gasteiger partial charge in [-0.25, -0.2) is 4.39 Å².